The number of aryl methyl sites for hydroxylation is 1. The van der Waals surface area contributed by atoms with Crippen molar-refractivity contribution in [1.29, 1.82) is 0 Å². The molecular weight excluding hydrogens is 326 g/mol. The summed E-state index contributed by atoms with van der Waals surface area (Å²) in [6.07, 6.45) is 4.46. The zero-order chi connectivity index (χ0) is 18.2. The lowest BCUT2D eigenvalue weighted by molar-refractivity contribution is -0.0459. The molecule has 9 nitrogen and oxygen atoms in total. The number of carbonyl (C=O) groups is 1. The highest BCUT2D eigenvalue weighted by molar-refractivity contribution is 5.95. The standard InChI is InChI=1S/C16H19N5O4/c1-10-11(7-17-9-18-10)14(23)20-6-4-16(2,25)12(8-20)21-5-3-13(22)19-15(21)24/h3,5,7,9,12,25H,4,6,8H2,1-2H3,(H,19,22,24)/t12-,16-/m1/s1. The number of nitrogens with zero attached hydrogens (tertiary/aromatic N) is 4. The molecule has 3 rings (SSSR count). The number of aliphatic hydroxyl groups is 1. The van der Waals surface area contributed by atoms with Crippen LogP contribution in [0.4, 0.5) is 0 Å². The molecule has 1 aliphatic heterocycles. The first-order chi connectivity index (χ1) is 11.8. The van der Waals surface area contributed by atoms with E-state index in [2.05, 4.69) is 15.0 Å². The zero-order valence-electron chi connectivity index (χ0n) is 14.0. The van der Waals surface area contributed by atoms with Crippen LogP contribution in [0.3, 0.4) is 0 Å². The number of nitrogens with one attached hydrogen (secondary N) is 1. The second-order valence-electron chi connectivity index (χ2n) is 6.41. The lowest BCUT2D eigenvalue weighted by Gasteiger charge is -2.43. The Morgan fingerprint density at radius 2 is 2.20 bits per heavy atom. The monoisotopic (exact) mass is 345 g/mol. The molecule has 0 aliphatic carbocycles. The molecule has 0 saturated carbocycles. The van der Waals surface area contributed by atoms with Crippen LogP contribution in [0.1, 0.15) is 35.4 Å². The van der Waals surface area contributed by atoms with Crippen molar-refractivity contribution in [3.8, 4) is 0 Å². The maximum absolute atomic E-state index is 12.8. The minimum absolute atomic E-state index is 0.131. The third-order valence-corrected chi connectivity index (χ3v) is 4.62. The number of hydrogen-bond donors (Lipinski definition) is 2. The highest BCUT2D eigenvalue weighted by atomic mass is 16.3. The van der Waals surface area contributed by atoms with Gasteiger partial charge in [0, 0.05) is 31.5 Å². The summed E-state index contributed by atoms with van der Waals surface area (Å²) >= 11 is 0. The Kier molecular flexibility index (Phi) is 4.25. The molecule has 1 saturated heterocycles. The van der Waals surface area contributed by atoms with E-state index in [9.17, 15) is 19.5 Å². The van der Waals surface area contributed by atoms with Crippen LogP contribution in [-0.2, 0) is 0 Å². The van der Waals surface area contributed by atoms with Gasteiger partial charge in [-0.3, -0.25) is 19.1 Å². The molecule has 1 aliphatic rings. The van der Waals surface area contributed by atoms with E-state index in [1.807, 2.05) is 0 Å². The summed E-state index contributed by atoms with van der Waals surface area (Å²) in [5.74, 6) is -0.254. The van der Waals surface area contributed by atoms with E-state index in [1.165, 1.54) is 29.4 Å². The fourth-order valence-electron chi connectivity index (χ4n) is 3.04. The minimum atomic E-state index is -1.19. The molecule has 0 spiro atoms. The summed E-state index contributed by atoms with van der Waals surface area (Å²) in [6.45, 7) is 3.81. The van der Waals surface area contributed by atoms with E-state index in [4.69, 9.17) is 0 Å². The summed E-state index contributed by atoms with van der Waals surface area (Å²) in [5, 5.41) is 10.7. The van der Waals surface area contributed by atoms with Crippen LogP contribution in [0.2, 0.25) is 0 Å². The van der Waals surface area contributed by atoms with Crippen molar-refractivity contribution in [2.45, 2.75) is 31.9 Å². The first-order valence-corrected chi connectivity index (χ1v) is 7.89. The van der Waals surface area contributed by atoms with Crippen LogP contribution in [0.5, 0.6) is 0 Å². The smallest absolute Gasteiger partial charge is 0.328 e. The SMILES string of the molecule is Cc1ncncc1C(=O)N1CC[C@@](C)(O)[C@H](n2ccc(=O)[nH]c2=O)C1. The van der Waals surface area contributed by atoms with Gasteiger partial charge >= 0.3 is 5.69 Å². The van der Waals surface area contributed by atoms with E-state index in [-0.39, 0.29) is 12.5 Å². The average Bonchev–Trinajstić information content (AvgIpc) is 2.55. The highest BCUT2D eigenvalue weighted by Crippen LogP contribution is 2.31. The van der Waals surface area contributed by atoms with Crippen LogP contribution in [0, 0.1) is 6.92 Å². The second-order valence-corrected chi connectivity index (χ2v) is 6.41. The molecule has 3 heterocycles. The van der Waals surface area contributed by atoms with Crippen molar-refractivity contribution in [3.05, 3.63) is 56.9 Å². The molecule has 2 N–H and O–H groups in total. The lowest BCUT2D eigenvalue weighted by Crippen LogP contribution is -2.55. The Bertz CT molecular complexity index is 917. The lowest BCUT2D eigenvalue weighted by atomic mass is 9.87. The molecule has 2 aromatic heterocycles. The summed E-state index contributed by atoms with van der Waals surface area (Å²) < 4.78 is 1.26. The van der Waals surface area contributed by atoms with Crippen LogP contribution >= 0.6 is 0 Å². The zero-order valence-corrected chi connectivity index (χ0v) is 14.0. The van der Waals surface area contributed by atoms with Crippen molar-refractivity contribution in [1.82, 2.24) is 24.4 Å². The van der Waals surface area contributed by atoms with Gasteiger partial charge in [0.25, 0.3) is 11.5 Å². The van der Waals surface area contributed by atoms with Crippen LogP contribution in [0.15, 0.2) is 34.4 Å². The Hall–Kier alpha value is -2.81. The number of carbonyl (C=O) groups excluding carboxylic acids is 1. The van der Waals surface area contributed by atoms with Crippen LogP contribution in [0.25, 0.3) is 0 Å². The van der Waals surface area contributed by atoms with Gasteiger partial charge in [0.05, 0.1) is 22.9 Å². The summed E-state index contributed by atoms with van der Waals surface area (Å²) in [4.78, 5) is 47.8. The first-order valence-electron chi connectivity index (χ1n) is 7.89. The molecule has 1 amide bonds. The number of likely N-dealkylation sites (tertiary alicyclic amines) is 1. The number of hydrogen-bond acceptors (Lipinski definition) is 6. The van der Waals surface area contributed by atoms with Crippen molar-refractivity contribution < 1.29 is 9.90 Å². The molecule has 2 aromatic rings. The number of H-pyrrole nitrogens is 1. The van der Waals surface area contributed by atoms with E-state index in [0.717, 1.165) is 0 Å². The summed E-state index contributed by atoms with van der Waals surface area (Å²) in [5.41, 5.74) is -1.37. The van der Waals surface area contributed by atoms with Gasteiger partial charge in [-0.1, -0.05) is 0 Å². The Morgan fingerprint density at radius 1 is 1.44 bits per heavy atom. The second kappa shape index (κ2) is 6.25. The predicted molar refractivity (Wildman–Crippen MR) is 88.3 cm³/mol. The van der Waals surface area contributed by atoms with Crippen LogP contribution < -0.4 is 11.2 Å². The number of rotatable bonds is 2. The van der Waals surface area contributed by atoms with Crippen molar-refractivity contribution in [2.75, 3.05) is 13.1 Å². The van der Waals surface area contributed by atoms with E-state index in [1.54, 1.807) is 18.7 Å². The summed E-state index contributed by atoms with van der Waals surface area (Å²) in [7, 11) is 0. The molecule has 132 valence electrons. The fraction of sp³-hybridized carbons (Fsp3) is 0.438. The first kappa shape index (κ1) is 17.0. The molecule has 25 heavy (non-hydrogen) atoms. The maximum Gasteiger partial charge on any atom is 0.328 e. The van der Waals surface area contributed by atoms with Gasteiger partial charge in [-0.05, 0) is 20.3 Å². The molecular formula is C16H19N5O4. The Labute approximate surface area is 143 Å². The normalized spacial score (nSPS) is 23.5. The number of aromatic amines is 1. The number of piperidine rings is 1. The van der Waals surface area contributed by atoms with Crippen molar-refractivity contribution >= 4 is 5.91 Å². The largest absolute Gasteiger partial charge is 0.388 e. The third-order valence-electron chi connectivity index (χ3n) is 4.62. The third kappa shape index (κ3) is 3.22. The molecule has 2 atom stereocenters. The Morgan fingerprint density at radius 3 is 2.88 bits per heavy atom. The molecule has 0 unspecified atom stereocenters. The molecule has 0 radical (unpaired) electrons. The van der Waals surface area contributed by atoms with Crippen LogP contribution in [-0.4, -0.2) is 54.1 Å². The molecule has 0 aromatic carbocycles. The van der Waals surface area contributed by atoms with Crippen molar-refractivity contribution in [3.63, 3.8) is 0 Å². The predicted octanol–water partition coefficient (Wildman–Crippen LogP) is -0.527. The van der Waals surface area contributed by atoms with Gasteiger partial charge in [0.1, 0.15) is 6.33 Å². The molecule has 0 bridgehead atoms. The van der Waals surface area contributed by atoms with Gasteiger partial charge in [0.2, 0.25) is 0 Å². The highest BCUT2D eigenvalue weighted by Gasteiger charge is 2.41. The fourth-order valence-corrected chi connectivity index (χ4v) is 3.04. The number of amides is 1. The van der Waals surface area contributed by atoms with Gasteiger partial charge < -0.3 is 10.0 Å². The summed E-state index contributed by atoms with van der Waals surface area (Å²) in [6, 6.07) is 0.535. The maximum atomic E-state index is 12.8. The van der Waals surface area contributed by atoms with E-state index < -0.39 is 22.9 Å². The van der Waals surface area contributed by atoms with E-state index >= 15 is 0 Å². The van der Waals surface area contributed by atoms with Gasteiger partial charge in [0.15, 0.2) is 0 Å². The Balaban J connectivity index is 1.94. The average molecular weight is 345 g/mol. The molecule has 1 fully saturated rings. The van der Waals surface area contributed by atoms with Gasteiger partial charge in [-0.15, -0.1) is 0 Å². The quantitative estimate of drug-likeness (QED) is 0.755. The minimum Gasteiger partial charge on any atom is -0.388 e. The molecule has 9 heteroatoms. The van der Waals surface area contributed by atoms with Gasteiger partial charge in [-0.2, -0.15) is 0 Å². The topological polar surface area (TPSA) is 121 Å². The number of aromatic nitrogens is 4. The van der Waals surface area contributed by atoms with E-state index in [0.29, 0.717) is 24.2 Å². The van der Waals surface area contributed by atoms with Gasteiger partial charge in [-0.25, -0.2) is 14.8 Å². The van der Waals surface area contributed by atoms with Crippen molar-refractivity contribution in [2.24, 2.45) is 0 Å².